The van der Waals surface area contributed by atoms with E-state index in [1.54, 1.807) is 0 Å². The number of aliphatic carboxylic acids is 1. The Morgan fingerprint density at radius 1 is 1.44 bits per heavy atom. The molecular formula is C13H22N2O3. The highest BCUT2D eigenvalue weighted by Gasteiger charge is 2.44. The molecule has 2 unspecified atom stereocenters. The molecule has 102 valence electrons. The van der Waals surface area contributed by atoms with E-state index in [9.17, 15) is 14.7 Å². The fourth-order valence-electron chi connectivity index (χ4n) is 2.84. The molecule has 2 fully saturated rings. The molecular weight excluding hydrogens is 232 g/mol. The fourth-order valence-corrected chi connectivity index (χ4v) is 2.84. The van der Waals surface area contributed by atoms with Crippen molar-refractivity contribution in [3.63, 3.8) is 0 Å². The Balaban J connectivity index is 1.82. The van der Waals surface area contributed by atoms with E-state index in [2.05, 4.69) is 17.6 Å². The molecule has 0 spiro atoms. The zero-order chi connectivity index (χ0) is 13.2. The van der Waals surface area contributed by atoms with Gasteiger partial charge >= 0.3 is 5.97 Å². The SMILES string of the molecule is CC1CC(C(=O)NCC2(C(=O)O)CCC2)CCN1. The van der Waals surface area contributed by atoms with Crippen LogP contribution in [0.1, 0.15) is 39.0 Å². The number of nitrogens with one attached hydrogen (secondary N) is 2. The second kappa shape index (κ2) is 5.26. The molecule has 1 saturated heterocycles. The quantitative estimate of drug-likeness (QED) is 0.691. The van der Waals surface area contributed by atoms with Crippen LogP contribution in [0.4, 0.5) is 0 Å². The maximum Gasteiger partial charge on any atom is 0.311 e. The lowest BCUT2D eigenvalue weighted by atomic mass is 9.68. The van der Waals surface area contributed by atoms with Gasteiger partial charge in [0.05, 0.1) is 5.41 Å². The summed E-state index contributed by atoms with van der Waals surface area (Å²) < 4.78 is 0. The van der Waals surface area contributed by atoms with Gasteiger partial charge < -0.3 is 15.7 Å². The molecule has 1 aliphatic carbocycles. The highest BCUT2D eigenvalue weighted by molar-refractivity contribution is 5.81. The van der Waals surface area contributed by atoms with Gasteiger partial charge in [-0.25, -0.2) is 0 Å². The van der Waals surface area contributed by atoms with Crippen molar-refractivity contribution in [2.45, 2.75) is 45.1 Å². The third-order valence-electron chi connectivity index (χ3n) is 4.36. The predicted molar refractivity (Wildman–Crippen MR) is 67.1 cm³/mol. The number of carboxylic acid groups (broad SMARTS) is 1. The lowest BCUT2D eigenvalue weighted by Crippen LogP contribution is -2.50. The first kappa shape index (κ1) is 13.3. The maximum atomic E-state index is 12.0. The number of hydrogen-bond donors (Lipinski definition) is 3. The maximum absolute atomic E-state index is 12.0. The summed E-state index contributed by atoms with van der Waals surface area (Å²) in [6.07, 6.45) is 4.01. The van der Waals surface area contributed by atoms with Crippen molar-refractivity contribution in [1.82, 2.24) is 10.6 Å². The molecule has 0 aromatic heterocycles. The van der Waals surface area contributed by atoms with Crippen LogP contribution in [0.2, 0.25) is 0 Å². The van der Waals surface area contributed by atoms with Gasteiger partial charge in [-0.15, -0.1) is 0 Å². The van der Waals surface area contributed by atoms with E-state index in [1.165, 1.54) is 0 Å². The lowest BCUT2D eigenvalue weighted by molar-refractivity contribution is -0.154. The van der Waals surface area contributed by atoms with E-state index in [0.717, 1.165) is 25.8 Å². The minimum Gasteiger partial charge on any atom is -0.481 e. The Morgan fingerprint density at radius 2 is 2.17 bits per heavy atom. The molecule has 2 rings (SSSR count). The monoisotopic (exact) mass is 254 g/mol. The molecule has 0 bridgehead atoms. The van der Waals surface area contributed by atoms with E-state index in [1.807, 2.05) is 0 Å². The smallest absolute Gasteiger partial charge is 0.311 e. The highest BCUT2D eigenvalue weighted by Crippen LogP contribution is 2.40. The van der Waals surface area contributed by atoms with Gasteiger partial charge in [-0.1, -0.05) is 6.42 Å². The number of carboxylic acids is 1. The molecule has 2 atom stereocenters. The number of carbonyl (C=O) groups excluding carboxylic acids is 1. The van der Waals surface area contributed by atoms with Gasteiger partial charge in [-0.05, 0) is 39.2 Å². The molecule has 0 radical (unpaired) electrons. The van der Waals surface area contributed by atoms with Crippen LogP contribution in [0.15, 0.2) is 0 Å². The van der Waals surface area contributed by atoms with E-state index in [4.69, 9.17) is 0 Å². The van der Waals surface area contributed by atoms with Gasteiger partial charge in [0.2, 0.25) is 5.91 Å². The van der Waals surface area contributed by atoms with Gasteiger partial charge in [0, 0.05) is 18.5 Å². The fraction of sp³-hybridized carbons (Fsp3) is 0.846. The van der Waals surface area contributed by atoms with Crippen LogP contribution in [0, 0.1) is 11.3 Å². The molecule has 2 aliphatic rings. The second-order valence-electron chi connectivity index (χ2n) is 5.73. The van der Waals surface area contributed by atoms with Crippen molar-refractivity contribution in [2.75, 3.05) is 13.1 Å². The summed E-state index contributed by atoms with van der Waals surface area (Å²) in [5.41, 5.74) is -0.686. The van der Waals surface area contributed by atoms with Gasteiger partial charge in [0.25, 0.3) is 0 Å². The van der Waals surface area contributed by atoms with E-state index >= 15 is 0 Å². The summed E-state index contributed by atoms with van der Waals surface area (Å²) in [4.78, 5) is 23.2. The Morgan fingerprint density at radius 3 is 2.67 bits per heavy atom. The molecule has 1 amide bonds. The Labute approximate surface area is 107 Å². The van der Waals surface area contributed by atoms with Crippen molar-refractivity contribution in [3.05, 3.63) is 0 Å². The zero-order valence-corrected chi connectivity index (χ0v) is 10.9. The van der Waals surface area contributed by atoms with Gasteiger partial charge in [0.15, 0.2) is 0 Å². The van der Waals surface area contributed by atoms with Crippen LogP contribution in [-0.2, 0) is 9.59 Å². The van der Waals surface area contributed by atoms with Crippen LogP contribution < -0.4 is 10.6 Å². The van der Waals surface area contributed by atoms with Crippen LogP contribution >= 0.6 is 0 Å². The van der Waals surface area contributed by atoms with Gasteiger partial charge in [-0.3, -0.25) is 9.59 Å². The minimum atomic E-state index is -0.771. The Hall–Kier alpha value is -1.10. The van der Waals surface area contributed by atoms with Gasteiger partial charge in [0.1, 0.15) is 0 Å². The Kier molecular flexibility index (Phi) is 3.90. The average Bonchev–Trinajstić information content (AvgIpc) is 2.26. The van der Waals surface area contributed by atoms with E-state index in [0.29, 0.717) is 25.4 Å². The number of rotatable bonds is 4. The zero-order valence-electron chi connectivity index (χ0n) is 10.9. The van der Waals surface area contributed by atoms with Crippen molar-refractivity contribution < 1.29 is 14.7 Å². The van der Waals surface area contributed by atoms with Crippen LogP contribution in [0.3, 0.4) is 0 Å². The summed E-state index contributed by atoms with van der Waals surface area (Å²) >= 11 is 0. The molecule has 1 aliphatic heterocycles. The van der Waals surface area contributed by atoms with Crippen LogP contribution in [-0.4, -0.2) is 36.1 Å². The summed E-state index contributed by atoms with van der Waals surface area (Å²) in [5, 5.41) is 15.3. The number of amides is 1. The van der Waals surface area contributed by atoms with Crippen LogP contribution in [0.5, 0.6) is 0 Å². The molecule has 18 heavy (non-hydrogen) atoms. The molecule has 1 heterocycles. The Bertz CT molecular complexity index is 339. The molecule has 1 saturated carbocycles. The summed E-state index contributed by atoms with van der Waals surface area (Å²) in [6, 6.07) is 0.367. The average molecular weight is 254 g/mol. The van der Waals surface area contributed by atoms with E-state index in [-0.39, 0.29) is 11.8 Å². The first-order valence-electron chi connectivity index (χ1n) is 6.78. The molecule has 3 N–H and O–H groups in total. The predicted octanol–water partition coefficient (Wildman–Crippen LogP) is 0.746. The standard InChI is InChI=1S/C13H22N2O3/c1-9-7-10(3-6-14-9)11(16)15-8-13(12(17)18)4-2-5-13/h9-10,14H,2-8H2,1H3,(H,15,16)(H,17,18). The second-order valence-corrected chi connectivity index (χ2v) is 5.73. The summed E-state index contributed by atoms with van der Waals surface area (Å²) in [5.74, 6) is -0.712. The topological polar surface area (TPSA) is 78.4 Å². The van der Waals surface area contributed by atoms with Crippen molar-refractivity contribution >= 4 is 11.9 Å². The third-order valence-corrected chi connectivity index (χ3v) is 4.36. The van der Waals surface area contributed by atoms with Crippen molar-refractivity contribution in [3.8, 4) is 0 Å². The van der Waals surface area contributed by atoms with Crippen molar-refractivity contribution in [2.24, 2.45) is 11.3 Å². The molecule has 0 aromatic carbocycles. The van der Waals surface area contributed by atoms with Crippen molar-refractivity contribution in [1.29, 1.82) is 0 Å². The molecule has 0 aromatic rings. The molecule has 5 nitrogen and oxygen atoms in total. The largest absolute Gasteiger partial charge is 0.481 e. The first-order chi connectivity index (χ1) is 8.53. The minimum absolute atomic E-state index is 0.0240. The first-order valence-corrected chi connectivity index (χ1v) is 6.78. The summed E-state index contributed by atoms with van der Waals surface area (Å²) in [7, 11) is 0. The lowest BCUT2D eigenvalue weighted by Gasteiger charge is -2.38. The third kappa shape index (κ3) is 2.66. The number of piperidine rings is 1. The summed E-state index contributed by atoms with van der Waals surface area (Å²) in [6.45, 7) is 3.23. The molecule has 5 heteroatoms. The van der Waals surface area contributed by atoms with Crippen LogP contribution in [0.25, 0.3) is 0 Å². The number of hydrogen-bond acceptors (Lipinski definition) is 3. The number of carbonyl (C=O) groups is 2. The van der Waals surface area contributed by atoms with E-state index < -0.39 is 11.4 Å². The highest BCUT2D eigenvalue weighted by atomic mass is 16.4. The van der Waals surface area contributed by atoms with Gasteiger partial charge in [-0.2, -0.15) is 0 Å². The normalized spacial score (nSPS) is 30.3.